The number of aromatic nitrogens is 3. The Balaban J connectivity index is 1.33. The highest BCUT2D eigenvalue weighted by molar-refractivity contribution is 5.92. The van der Waals surface area contributed by atoms with Crippen LogP contribution in [0.25, 0.3) is 0 Å². The van der Waals surface area contributed by atoms with Gasteiger partial charge in [0.15, 0.2) is 5.69 Å². The Morgan fingerprint density at radius 3 is 2.58 bits per heavy atom. The molecular weight excluding hydrogens is 334 g/mol. The monoisotopic (exact) mass is 361 g/mol. The molecule has 0 aliphatic carbocycles. The Morgan fingerprint density at radius 2 is 1.92 bits per heavy atom. The van der Waals surface area contributed by atoms with Gasteiger partial charge in [-0.3, -0.25) is 14.5 Å². The van der Waals surface area contributed by atoms with Crippen molar-refractivity contribution < 1.29 is 14.3 Å². The van der Waals surface area contributed by atoms with E-state index in [2.05, 4.69) is 20.3 Å². The third-order valence-corrected chi connectivity index (χ3v) is 6.13. The van der Waals surface area contributed by atoms with E-state index in [0.29, 0.717) is 31.6 Å². The summed E-state index contributed by atoms with van der Waals surface area (Å²) in [6.07, 6.45) is 8.66. The molecule has 3 aliphatic heterocycles. The Hall–Kier alpha value is -1.96. The zero-order valence-electron chi connectivity index (χ0n) is 15.2. The number of nitrogens with zero attached hydrogens (tertiary/aromatic N) is 4. The van der Waals surface area contributed by atoms with Gasteiger partial charge in [-0.15, -0.1) is 0 Å². The number of carbonyl (C=O) groups excluding carboxylic acids is 2. The summed E-state index contributed by atoms with van der Waals surface area (Å²) in [6, 6.07) is 0. The Labute approximate surface area is 153 Å². The fraction of sp³-hybridized carbons (Fsp3) is 0.778. The van der Waals surface area contributed by atoms with Crippen molar-refractivity contribution in [3.63, 3.8) is 0 Å². The first-order chi connectivity index (χ1) is 12.7. The number of amides is 1. The number of cyclic esters (lactones) is 1. The van der Waals surface area contributed by atoms with Gasteiger partial charge in [0, 0.05) is 26.1 Å². The van der Waals surface area contributed by atoms with E-state index in [4.69, 9.17) is 4.74 Å². The lowest BCUT2D eigenvalue weighted by Crippen LogP contribution is -2.45. The van der Waals surface area contributed by atoms with Gasteiger partial charge in [0.25, 0.3) is 5.91 Å². The van der Waals surface area contributed by atoms with E-state index in [-0.39, 0.29) is 18.0 Å². The van der Waals surface area contributed by atoms with Gasteiger partial charge in [-0.25, -0.2) is 0 Å². The number of hydrogen-bond acceptors (Lipinski definition) is 6. The maximum absolute atomic E-state index is 12.6. The predicted molar refractivity (Wildman–Crippen MR) is 93.4 cm³/mol. The van der Waals surface area contributed by atoms with Gasteiger partial charge in [0.1, 0.15) is 6.10 Å². The highest BCUT2D eigenvalue weighted by Gasteiger charge is 2.51. The van der Waals surface area contributed by atoms with Crippen LogP contribution in [0.3, 0.4) is 0 Å². The number of likely N-dealkylation sites (tertiary alicyclic amines) is 2. The zero-order chi connectivity index (χ0) is 18.0. The standard InChI is InChI=1S/C18H27N5O3/c24-16(15-12-19-21-20-15)23-9-5-18(6-10-23)11-14(26-17(18)25)13-22-7-3-1-2-4-8-22/h12,14H,1-11,13H2,(H,19,20,21). The van der Waals surface area contributed by atoms with Crippen LogP contribution < -0.4 is 0 Å². The van der Waals surface area contributed by atoms with Crippen LogP contribution in [0.4, 0.5) is 0 Å². The van der Waals surface area contributed by atoms with Crippen molar-refractivity contribution in [2.24, 2.45) is 5.41 Å². The third kappa shape index (κ3) is 3.47. The van der Waals surface area contributed by atoms with Crippen LogP contribution in [-0.4, -0.2) is 75.9 Å². The number of ether oxygens (including phenoxy) is 1. The summed E-state index contributed by atoms with van der Waals surface area (Å²) in [5, 5.41) is 10.0. The number of aromatic amines is 1. The first-order valence-electron chi connectivity index (χ1n) is 9.75. The number of piperidine rings is 1. The second kappa shape index (κ2) is 7.34. The maximum atomic E-state index is 12.6. The highest BCUT2D eigenvalue weighted by Crippen LogP contribution is 2.43. The minimum atomic E-state index is -0.406. The molecule has 8 heteroatoms. The molecule has 1 spiro atoms. The van der Waals surface area contributed by atoms with Crippen molar-refractivity contribution in [3.05, 3.63) is 11.9 Å². The van der Waals surface area contributed by atoms with Crippen LogP contribution in [0.2, 0.25) is 0 Å². The lowest BCUT2D eigenvalue weighted by atomic mass is 9.76. The Morgan fingerprint density at radius 1 is 1.19 bits per heavy atom. The molecule has 8 nitrogen and oxygen atoms in total. The van der Waals surface area contributed by atoms with Gasteiger partial charge in [0.2, 0.25) is 0 Å². The molecule has 3 aliphatic rings. The average Bonchev–Trinajstić information content (AvgIpc) is 3.19. The molecule has 1 N–H and O–H groups in total. The molecule has 3 saturated heterocycles. The van der Waals surface area contributed by atoms with Crippen LogP contribution >= 0.6 is 0 Å². The molecule has 0 radical (unpaired) electrons. The molecule has 0 bridgehead atoms. The highest BCUT2D eigenvalue weighted by atomic mass is 16.6. The van der Waals surface area contributed by atoms with Crippen LogP contribution in [-0.2, 0) is 9.53 Å². The summed E-state index contributed by atoms with van der Waals surface area (Å²) in [4.78, 5) is 29.2. The fourth-order valence-electron chi connectivity index (χ4n) is 4.56. The number of nitrogens with one attached hydrogen (secondary N) is 1. The minimum Gasteiger partial charge on any atom is -0.461 e. The maximum Gasteiger partial charge on any atom is 0.312 e. The second-order valence-corrected chi connectivity index (χ2v) is 7.87. The van der Waals surface area contributed by atoms with E-state index < -0.39 is 5.41 Å². The number of esters is 1. The number of rotatable bonds is 3. The molecule has 26 heavy (non-hydrogen) atoms. The SMILES string of the molecule is O=C(c1cn[nH]n1)N1CCC2(CC1)CC(CN1CCCCCC1)OC2=O. The van der Waals surface area contributed by atoms with Crippen LogP contribution in [0.15, 0.2) is 6.20 Å². The topological polar surface area (TPSA) is 91.4 Å². The average molecular weight is 361 g/mol. The summed E-state index contributed by atoms with van der Waals surface area (Å²) in [6.45, 7) is 4.21. The Kier molecular flexibility index (Phi) is 4.93. The van der Waals surface area contributed by atoms with Gasteiger partial charge >= 0.3 is 5.97 Å². The molecule has 4 rings (SSSR count). The largest absolute Gasteiger partial charge is 0.461 e. The quantitative estimate of drug-likeness (QED) is 0.814. The summed E-state index contributed by atoms with van der Waals surface area (Å²) in [7, 11) is 0. The van der Waals surface area contributed by atoms with Gasteiger partial charge in [-0.2, -0.15) is 15.4 Å². The first kappa shape index (κ1) is 17.5. The molecule has 1 aromatic heterocycles. The second-order valence-electron chi connectivity index (χ2n) is 7.87. The predicted octanol–water partition coefficient (Wildman–Crippen LogP) is 1.22. The van der Waals surface area contributed by atoms with Crippen molar-refractivity contribution in [2.75, 3.05) is 32.7 Å². The van der Waals surface area contributed by atoms with E-state index in [0.717, 1.165) is 26.1 Å². The van der Waals surface area contributed by atoms with Crippen LogP contribution in [0.5, 0.6) is 0 Å². The lowest BCUT2D eigenvalue weighted by molar-refractivity contribution is -0.151. The normalized spacial score (nSPS) is 26.7. The number of carbonyl (C=O) groups is 2. The van der Waals surface area contributed by atoms with E-state index >= 15 is 0 Å². The number of H-pyrrole nitrogens is 1. The van der Waals surface area contributed by atoms with Crippen molar-refractivity contribution in [3.8, 4) is 0 Å². The first-order valence-corrected chi connectivity index (χ1v) is 9.75. The smallest absolute Gasteiger partial charge is 0.312 e. The molecule has 1 aromatic rings. The van der Waals surface area contributed by atoms with Crippen LogP contribution in [0, 0.1) is 5.41 Å². The molecule has 1 unspecified atom stereocenters. The molecule has 0 aromatic carbocycles. The van der Waals surface area contributed by atoms with E-state index in [1.54, 1.807) is 4.90 Å². The fourth-order valence-corrected chi connectivity index (χ4v) is 4.56. The summed E-state index contributed by atoms with van der Waals surface area (Å²) < 4.78 is 5.75. The molecule has 3 fully saturated rings. The zero-order valence-corrected chi connectivity index (χ0v) is 15.2. The Bertz CT molecular complexity index is 631. The van der Waals surface area contributed by atoms with Gasteiger partial charge < -0.3 is 9.64 Å². The number of hydrogen-bond donors (Lipinski definition) is 1. The molecule has 142 valence electrons. The van der Waals surface area contributed by atoms with E-state index in [9.17, 15) is 9.59 Å². The van der Waals surface area contributed by atoms with Crippen molar-refractivity contribution in [1.29, 1.82) is 0 Å². The van der Waals surface area contributed by atoms with Gasteiger partial charge in [0.05, 0.1) is 11.6 Å². The van der Waals surface area contributed by atoms with Crippen LogP contribution in [0.1, 0.15) is 55.4 Å². The van der Waals surface area contributed by atoms with Crippen molar-refractivity contribution >= 4 is 11.9 Å². The van der Waals surface area contributed by atoms with Gasteiger partial charge in [-0.05, 0) is 38.8 Å². The summed E-state index contributed by atoms with van der Waals surface area (Å²) >= 11 is 0. The lowest BCUT2D eigenvalue weighted by Gasteiger charge is -2.36. The molecule has 0 saturated carbocycles. The molecule has 1 atom stereocenters. The van der Waals surface area contributed by atoms with Crippen molar-refractivity contribution in [1.82, 2.24) is 25.2 Å². The third-order valence-electron chi connectivity index (χ3n) is 6.13. The summed E-state index contributed by atoms with van der Waals surface area (Å²) in [5.74, 6) is -0.188. The van der Waals surface area contributed by atoms with E-state index in [1.165, 1.54) is 31.9 Å². The van der Waals surface area contributed by atoms with Gasteiger partial charge in [-0.1, -0.05) is 12.8 Å². The molecular formula is C18H27N5O3. The summed E-state index contributed by atoms with van der Waals surface area (Å²) in [5.41, 5.74) is -0.0779. The van der Waals surface area contributed by atoms with Crippen molar-refractivity contribution in [2.45, 2.75) is 51.0 Å². The molecule has 1 amide bonds. The minimum absolute atomic E-state index is 0.00149. The molecule has 4 heterocycles. The van der Waals surface area contributed by atoms with E-state index in [1.807, 2.05) is 0 Å².